The molecule has 2 rings (SSSR count). The quantitative estimate of drug-likeness (QED) is 0.784. The third-order valence-corrected chi connectivity index (χ3v) is 4.67. The Labute approximate surface area is 132 Å². The maximum Gasteiger partial charge on any atom is 0.241 e. The van der Waals surface area contributed by atoms with Crippen LogP contribution in [0.5, 0.6) is 0 Å². The summed E-state index contributed by atoms with van der Waals surface area (Å²) >= 11 is 1.84. The largest absolute Gasteiger partial charge is 0.322 e. The average Bonchev–Trinajstić information content (AvgIpc) is 2.78. The predicted octanol–water partition coefficient (Wildman–Crippen LogP) is 3.35. The second-order valence-corrected chi connectivity index (χ2v) is 6.68. The predicted molar refractivity (Wildman–Crippen MR) is 90.5 cm³/mol. The van der Waals surface area contributed by atoms with Crippen molar-refractivity contribution >= 4 is 17.7 Å². The average molecular weight is 306 g/mol. The van der Waals surface area contributed by atoms with Crippen LogP contribution in [0.15, 0.2) is 24.3 Å². The van der Waals surface area contributed by atoms with Gasteiger partial charge < -0.3 is 4.90 Å². The molecule has 1 saturated heterocycles. The van der Waals surface area contributed by atoms with Crippen molar-refractivity contribution in [2.45, 2.75) is 45.3 Å². The van der Waals surface area contributed by atoms with Gasteiger partial charge in [0.15, 0.2) is 0 Å². The van der Waals surface area contributed by atoms with Gasteiger partial charge in [-0.15, -0.1) is 0 Å². The fourth-order valence-electron chi connectivity index (χ4n) is 2.82. The number of carbonyl (C=O) groups is 1. The number of amides is 1. The fraction of sp³-hybridized carbons (Fsp3) is 0.588. The molecule has 1 N–H and O–H groups in total. The van der Waals surface area contributed by atoms with Crippen LogP contribution in [-0.4, -0.2) is 35.4 Å². The highest BCUT2D eigenvalue weighted by Gasteiger charge is 2.38. The van der Waals surface area contributed by atoms with Gasteiger partial charge in [-0.1, -0.05) is 43.2 Å². The second-order valence-electron chi connectivity index (χ2n) is 5.70. The van der Waals surface area contributed by atoms with E-state index in [4.69, 9.17) is 0 Å². The van der Waals surface area contributed by atoms with Crippen LogP contribution in [0.3, 0.4) is 0 Å². The van der Waals surface area contributed by atoms with Crippen LogP contribution >= 0.6 is 11.8 Å². The Balaban J connectivity index is 2.14. The Bertz CT molecular complexity index is 460. The van der Waals surface area contributed by atoms with E-state index in [1.807, 2.05) is 16.7 Å². The Hall–Kier alpha value is -1.00. The van der Waals surface area contributed by atoms with Crippen LogP contribution in [0.4, 0.5) is 0 Å². The minimum atomic E-state index is -0.0180. The van der Waals surface area contributed by atoms with Gasteiger partial charge in [0.1, 0.15) is 6.17 Å². The molecule has 2 unspecified atom stereocenters. The van der Waals surface area contributed by atoms with Crippen LogP contribution < -0.4 is 5.32 Å². The van der Waals surface area contributed by atoms with E-state index >= 15 is 0 Å². The SMILES string of the molecule is CCCC1NC(c2ccc(C)cc2)N(CCCSC)C1=O. The lowest BCUT2D eigenvalue weighted by Gasteiger charge is -2.24. The molecule has 4 heteroatoms. The van der Waals surface area contributed by atoms with Crippen molar-refractivity contribution < 1.29 is 4.79 Å². The van der Waals surface area contributed by atoms with Crippen molar-refractivity contribution in [2.24, 2.45) is 0 Å². The Morgan fingerprint density at radius 3 is 2.62 bits per heavy atom. The molecule has 2 atom stereocenters. The molecular formula is C17H26N2OS. The summed E-state index contributed by atoms with van der Waals surface area (Å²) < 4.78 is 0. The smallest absolute Gasteiger partial charge is 0.241 e. The maximum atomic E-state index is 12.6. The topological polar surface area (TPSA) is 32.3 Å². The van der Waals surface area contributed by atoms with Crippen LogP contribution in [0, 0.1) is 6.92 Å². The number of hydrogen-bond donors (Lipinski definition) is 1. The van der Waals surface area contributed by atoms with Gasteiger partial charge in [-0.05, 0) is 37.3 Å². The highest BCUT2D eigenvalue weighted by atomic mass is 32.2. The van der Waals surface area contributed by atoms with E-state index in [0.29, 0.717) is 0 Å². The molecule has 1 aliphatic heterocycles. The number of nitrogens with one attached hydrogen (secondary N) is 1. The van der Waals surface area contributed by atoms with Crippen molar-refractivity contribution in [2.75, 3.05) is 18.6 Å². The summed E-state index contributed by atoms with van der Waals surface area (Å²) in [4.78, 5) is 14.6. The monoisotopic (exact) mass is 306 g/mol. The van der Waals surface area contributed by atoms with Gasteiger partial charge in [0.25, 0.3) is 0 Å². The molecule has 0 spiro atoms. The molecule has 0 saturated carbocycles. The first-order valence-corrected chi connectivity index (χ1v) is 9.18. The second kappa shape index (κ2) is 7.85. The zero-order valence-corrected chi connectivity index (χ0v) is 14.1. The molecule has 1 heterocycles. The van der Waals surface area contributed by atoms with E-state index in [2.05, 4.69) is 49.7 Å². The third kappa shape index (κ3) is 4.01. The van der Waals surface area contributed by atoms with Crippen molar-refractivity contribution in [1.82, 2.24) is 10.2 Å². The summed E-state index contributed by atoms with van der Waals surface area (Å²) in [5, 5.41) is 3.52. The lowest BCUT2D eigenvalue weighted by atomic mass is 10.1. The summed E-state index contributed by atoms with van der Waals surface area (Å²) in [7, 11) is 0. The van der Waals surface area contributed by atoms with Crippen molar-refractivity contribution in [1.29, 1.82) is 0 Å². The normalized spacial score (nSPS) is 22.0. The van der Waals surface area contributed by atoms with E-state index in [1.54, 1.807) is 0 Å². The zero-order chi connectivity index (χ0) is 15.2. The first kappa shape index (κ1) is 16.4. The number of carbonyl (C=O) groups excluding carboxylic acids is 1. The van der Waals surface area contributed by atoms with Crippen LogP contribution in [-0.2, 0) is 4.79 Å². The minimum absolute atomic E-state index is 0.0180. The Kier molecular flexibility index (Phi) is 6.12. The summed E-state index contributed by atoms with van der Waals surface area (Å²) in [6.07, 6.45) is 5.15. The van der Waals surface area contributed by atoms with Gasteiger partial charge in [0.05, 0.1) is 6.04 Å². The highest BCUT2D eigenvalue weighted by Crippen LogP contribution is 2.27. The van der Waals surface area contributed by atoms with E-state index in [-0.39, 0.29) is 18.1 Å². The van der Waals surface area contributed by atoms with E-state index in [0.717, 1.165) is 31.6 Å². The van der Waals surface area contributed by atoms with Gasteiger partial charge in [0.2, 0.25) is 5.91 Å². The van der Waals surface area contributed by atoms with Crippen molar-refractivity contribution in [3.8, 4) is 0 Å². The van der Waals surface area contributed by atoms with Gasteiger partial charge in [-0.2, -0.15) is 11.8 Å². The van der Waals surface area contributed by atoms with E-state index in [9.17, 15) is 4.79 Å². The summed E-state index contributed by atoms with van der Waals surface area (Å²) in [5.74, 6) is 1.37. The summed E-state index contributed by atoms with van der Waals surface area (Å²) in [6.45, 7) is 5.06. The number of benzene rings is 1. The highest BCUT2D eigenvalue weighted by molar-refractivity contribution is 7.98. The summed E-state index contributed by atoms with van der Waals surface area (Å²) in [6, 6.07) is 8.49. The molecule has 0 bridgehead atoms. The molecule has 1 aliphatic rings. The standard InChI is InChI=1S/C17H26N2OS/c1-4-6-15-17(20)19(11-5-12-21-3)16(18-15)14-9-7-13(2)8-10-14/h7-10,15-16,18H,4-6,11-12H2,1-3H3. The van der Waals surface area contributed by atoms with Crippen LogP contribution in [0.25, 0.3) is 0 Å². The van der Waals surface area contributed by atoms with E-state index < -0.39 is 0 Å². The molecule has 21 heavy (non-hydrogen) atoms. The number of rotatable bonds is 7. The minimum Gasteiger partial charge on any atom is -0.322 e. The zero-order valence-electron chi connectivity index (χ0n) is 13.3. The van der Waals surface area contributed by atoms with Crippen LogP contribution in [0.2, 0.25) is 0 Å². The molecule has 1 fully saturated rings. The maximum absolute atomic E-state index is 12.6. The first-order chi connectivity index (χ1) is 10.2. The molecule has 1 aromatic carbocycles. The number of hydrogen-bond acceptors (Lipinski definition) is 3. The first-order valence-electron chi connectivity index (χ1n) is 7.79. The third-order valence-electron chi connectivity index (χ3n) is 3.97. The lowest BCUT2D eigenvalue weighted by Crippen LogP contribution is -2.32. The molecule has 0 aliphatic carbocycles. The van der Waals surface area contributed by atoms with Gasteiger partial charge in [-0.25, -0.2) is 0 Å². The molecule has 0 radical (unpaired) electrons. The van der Waals surface area contributed by atoms with Gasteiger partial charge >= 0.3 is 0 Å². The molecule has 1 amide bonds. The van der Waals surface area contributed by atoms with Crippen molar-refractivity contribution in [3.05, 3.63) is 35.4 Å². The molecule has 0 aromatic heterocycles. The number of nitrogens with zero attached hydrogens (tertiary/aromatic N) is 1. The lowest BCUT2D eigenvalue weighted by molar-refractivity contribution is -0.130. The summed E-state index contributed by atoms with van der Waals surface area (Å²) in [5.41, 5.74) is 2.44. The Morgan fingerprint density at radius 1 is 1.29 bits per heavy atom. The number of thioether (sulfide) groups is 1. The van der Waals surface area contributed by atoms with Crippen LogP contribution in [0.1, 0.15) is 43.5 Å². The van der Waals surface area contributed by atoms with E-state index in [1.165, 1.54) is 11.1 Å². The molecule has 1 aromatic rings. The molecular weight excluding hydrogens is 280 g/mol. The van der Waals surface area contributed by atoms with Gasteiger partial charge in [0, 0.05) is 6.54 Å². The Morgan fingerprint density at radius 2 is 2.00 bits per heavy atom. The molecule has 116 valence electrons. The number of aryl methyl sites for hydroxylation is 1. The van der Waals surface area contributed by atoms with Gasteiger partial charge in [-0.3, -0.25) is 10.1 Å². The fourth-order valence-corrected chi connectivity index (χ4v) is 3.24. The molecule has 3 nitrogen and oxygen atoms in total. The van der Waals surface area contributed by atoms with Crippen molar-refractivity contribution in [3.63, 3.8) is 0 Å².